The number of imide groups is 2. The van der Waals surface area contributed by atoms with Crippen LogP contribution in [0.25, 0.3) is 12.2 Å². The van der Waals surface area contributed by atoms with Gasteiger partial charge < -0.3 is 19.9 Å². The Labute approximate surface area is 269 Å². The summed E-state index contributed by atoms with van der Waals surface area (Å²) in [7, 11) is 0. The molecule has 3 aromatic rings. The lowest BCUT2D eigenvalue weighted by atomic mass is 10.1. The van der Waals surface area contributed by atoms with E-state index in [0.29, 0.717) is 34.6 Å². The number of carboxylic acids is 2. The number of aromatic amines is 1. The zero-order valence-corrected chi connectivity index (χ0v) is 25.6. The zero-order valence-electron chi connectivity index (χ0n) is 24.0. The Hall–Kier alpha value is -5.41. The van der Waals surface area contributed by atoms with Gasteiger partial charge >= 0.3 is 11.9 Å². The Morgan fingerprint density at radius 1 is 0.739 bits per heavy atom. The van der Waals surface area contributed by atoms with E-state index in [9.17, 15) is 33.6 Å². The summed E-state index contributed by atoms with van der Waals surface area (Å²) in [5, 5.41) is 16.2. The fourth-order valence-electron chi connectivity index (χ4n) is 3.87. The number of aryl methyl sites for hydroxylation is 1. The summed E-state index contributed by atoms with van der Waals surface area (Å²) in [6, 6.07) is 18.0. The second-order valence-electron chi connectivity index (χ2n) is 9.65. The van der Waals surface area contributed by atoms with Crippen LogP contribution in [0, 0.1) is 6.92 Å². The maximum atomic E-state index is 12.1. The van der Waals surface area contributed by atoms with Crippen LogP contribution in [0.15, 0.2) is 81.5 Å². The fraction of sp³-hybridized carbons (Fsp3) is 0.129. The summed E-state index contributed by atoms with van der Waals surface area (Å²) >= 11 is 1.40. The van der Waals surface area contributed by atoms with Crippen LogP contribution in [-0.2, 0) is 25.8 Å². The van der Waals surface area contributed by atoms with Gasteiger partial charge in [-0.15, -0.1) is 0 Å². The number of carbonyl (C=O) groups is 6. The summed E-state index contributed by atoms with van der Waals surface area (Å²) in [5.41, 5.74) is 3.24. The summed E-state index contributed by atoms with van der Waals surface area (Å²) in [6.45, 7) is 1.19. The number of carboxylic acid groups (broad SMARTS) is 2. The number of hydrogen-bond acceptors (Lipinski definition) is 10. The van der Waals surface area contributed by atoms with Crippen molar-refractivity contribution in [2.45, 2.75) is 13.5 Å². The highest BCUT2D eigenvalue weighted by molar-refractivity contribution is 8.18. The van der Waals surface area contributed by atoms with Crippen LogP contribution in [0.1, 0.15) is 22.3 Å². The molecule has 2 aromatic carbocycles. The minimum atomic E-state index is -1.26. The number of aliphatic carboxylic acids is 2. The summed E-state index contributed by atoms with van der Waals surface area (Å²) in [6.07, 6.45) is 4.38. The third kappa shape index (κ3) is 9.06. The molecule has 5 rings (SSSR count). The molecular weight excluding hydrogens is 638 g/mol. The first-order chi connectivity index (χ1) is 21.9. The fourth-order valence-corrected chi connectivity index (χ4v) is 5.55. The van der Waals surface area contributed by atoms with E-state index in [1.807, 2.05) is 31.2 Å². The first-order valence-corrected chi connectivity index (χ1v) is 14.9. The lowest BCUT2D eigenvalue weighted by molar-refractivity contribution is -0.140. The predicted molar refractivity (Wildman–Crippen MR) is 170 cm³/mol. The molecule has 46 heavy (non-hydrogen) atoms. The second-order valence-corrected chi connectivity index (χ2v) is 11.6. The molecule has 13 nitrogen and oxygen atoms in total. The SMILES string of the molecule is Cc1ccc(COc2ccc(/C=C3\SC(=O)N(CC(=O)O)C3=O)cc2)cc1.O=C(O)CN1C(=O)S/C(=C\c2ccc(=O)[nH]c2)C1=O. The normalized spacial score (nSPS) is 16.2. The van der Waals surface area contributed by atoms with Crippen molar-refractivity contribution in [2.75, 3.05) is 13.1 Å². The molecule has 1 aromatic heterocycles. The van der Waals surface area contributed by atoms with Gasteiger partial charge in [-0.3, -0.25) is 43.4 Å². The Kier molecular flexibility index (Phi) is 11.0. The number of nitrogens with zero attached hydrogens (tertiary/aromatic N) is 2. The van der Waals surface area contributed by atoms with E-state index >= 15 is 0 Å². The van der Waals surface area contributed by atoms with Gasteiger partial charge in [0.25, 0.3) is 22.3 Å². The average molecular weight is 664 g/mol. The van der Waals surface area contributed by atoms with Gasteiger partial charge in [0, 0.05) is 12.3 Å². The van der Waals surface area contributed by atoms with Crippen LogP contribution in [0.4, 0.5) is 9.59 Å². The number of nitrogens with one attached hydrogen (secondary N) is 1. The highest BCUT2D eigenvalue weighted by Crippen LogP contribution is 2.33. The van der Waals surface area contributed by atoms with Crippen molar-refractivity contribution >= 4 is 69.9 Å². The lowest BCUT2D eigenvalue weighted by Crippen LogP contribution is -2.33. The molecule has 236 valence electrons. The number of rotatable bonds is 9. The molecule has 4 amide bonds. The standard InChI is InChI=1S/C20H17NO5S.C11H8N2O5S/c1-13-2-4-15(5-3-13)12-26-16-8-6-14(7-9-16)10-17-19(24)21(11-18(22)23)20(25)27-17;14-8-2-1-6(4-12-8)3-7-10(17)13(5-9(15)16)11(18)19-7/h2-10H,11-12H2,1H3,(H,22,23);1-4H,5H2,(H,12,14)(H,15,16)/b17-10-;7-3-. The van der Waals surface area contributed by atoms with Crippen molar-refractivity contribution in [3.05, 3.63) is 109 Å². The first kappa shape index (κ1) is 33.5. The molecule has 0 aliphatic carbocycles. The second kappa shape index (κ2) is 15.0. The Balaban J connectivity index is 0.000000222. The van der Waals surface area contributed by atoms with E-state index in [1.165, 1.54) is 30.0 Å². The van der Waals surface area contributed by atoms with Crippen LogP contribution in [0.3, 0.4) is 0 Å². The summed E-state index contributed by atoms with van der Waals surface area (Å²) in [4.78, 5) is 83.5. The van der Waals surface area contributed by atoms with Gasteiger partial charge in [-0.25, -0.2) is 0 Å². The lowest BCUT2D eigenvalue weighted by Gasteiger charge is -2.08. The topological polar surface area (TPSA) is 191 Å². The van der Waals surface area contributed by atoms with Gasteiger partial charge in [-0.05, 0) is 77.5 Å². The number of thioether (sulfide) groups is 2. The number of ether oxygens (including phenoxy) is 1. The zero-order chi connectivity index (χ0) is 33.4. The van der Waals surface area contributed by atoms with E-state index in [0.717, 1.165) is 27.8 Å². The van der Waals surface area contributed by atoms with Crippen molar-refractivity contribution in [1.29, 1.82) is 0 Å². The molecule has 2 aliphatic rings. The van der Waals surface area contributed by atoms with Gasteiger partial charge in [0.05, 0.1) is 9.81 Å². The van der Waals surface area contributed by atoms with Crippen molar-refractivity contribution in [3.8, 4) is 5.75 Å². The molecule has 0 unspecified atom stereocenters. The van der Waals surface area contributed by atoms with E-state index in [1.54, 1.807) is 30.3 Å². The Bertz CT molecular complexity index is 1790. The van der Waals surface area contributed by atoms with Crippen LogP contribution >= 0.6 is 23.5 Å². The van der Waals surface area contributed by atoms with Gasteiger partial charge in [-0.2, -0.15) is 0 Å². The number of benzene rings is 2. The summed E-state index contributed by atoms with van der Waals surface area (Å²) < 4.78 is 5.74. The smallest absolute Gasteiger partial charge is 0.323 e. The van der Waals surface area contributed by atoms with E-state index < -0.39 is 47.3 Å². The van der Waals surface area contributed by atoms with Crippen molar-refractivity contribution in [1.82, 2.24) is 14.8 Å². The maximum Gasteiger partial charge on any atom is 0.323 e. The van der Waals surface area contributed by atoms with Gasteiger partial charge in [0.1, 0.15) is 25.4 Å². The van der Waals surface area contributed by atoms with Crippen LogP contribution < -0.4 is 10.3 Å². The minimum absolute atomic E-state index is 0.123. The summed E-state index contributed by atoms with van der Waals surface area (Å²) in [5.74, 6) is -3.04. The number of carbonyl (C=O) groups excluding carboxylic acids is 4. The molecule has 15 heteroatoms. The Morgan fingerprint density at radius 3 is 1.72 bits per heavy atom. The Morgan fingerprint density at radius 2 is 1.24 bits per heavy atom. The largest absolute Gasteiger partial charge is 0.489 e. The number of H-pyrrole nitrogens is 1. The molecule has 0 atom stereocenters. The van der Waals surface area contributed by atoms with Gasteiger partial charge in [0.15, 0.2) is 0 Å². The third-order valence-corrected chi connectivity index (χ3v) is 7.96. The molecule has 0 bridgehead atoms. The predicted octanol–water partition coefficient (Wildman–Crippen LogP) is 4.19. The molecule has 3 N–H and O–H groups in total. The van der Waals surface area contributed by atoms with E-state index in [2.05, 4.69) is 4.98 Å². The van der Waals surface area contributed by atoms with E-state index in [-0.39, 0.29) is 15.4 Å². The molecule has 2 saturated heterocycles. The first-order valence-electron chi connectivity index (χ1n) is 13.3. The van der Waals surface area contributed by atoms with Crippen LogP contribution in [0.5, 0.6) is 5.75 Å². The number of hydrogen-bond donors (Lipinski definition) is 3. The maximum absolute atomic E-state index is 12.1. The monoisotopic (exact) mass is 663 g/mol. The quantitative estimate of drug-likeness (QED) is 0.277. The molecule has 0 spiro atoms. The van der Waals surface area contributed by atoms with Crippen molar-refractivity contribution < 1.29 is 43.7 Å². The van der Waals surface area contributed by atoms with Gasteiger partial charge in [0.2, 0.25) is 5.56 Å². The van der Waals surface area contributed by atoms with Crippen molar-refractivity contribution in [3.63, 3.8) is 0 Å². The molecule has 0 radical (unpaired) electrons. The van der Waals surface area contributed by atoms with Crippen molar-refractivity contribution in [2.24, 2.45) is 0 Å². The van der Waals surface area contributed by atoms with Gasteiger partial charge in [-0.1, -0.05) is 42.0 Å². The number of pyridine rings is 1. The molecule has 2 aliphatic heterocycles. The van der Waals surface area contributed by atoms with Crippen LogP contribution in [0.2, 0.25) is 0 Å². The third-order valence-electron chi connectivity index (χ3n) is 6.14. The minimum Gasteiger partial charge on any atom is -0.489 e. The van der Waals surface area contributed by atoms with Crippen LogP contribution in [-0.4, -0.2) is 72.3 Å². The molecule has 2 fully saturated rings. The van der Waals surface area contributed by atoms with E-state index in [4.69, 9.17) is 14.9 Å². The number of amides is 4. The molecule has 3 heterocycles. The highest BCUT2D eigenvalue weighted by atomic mass is 32.2. The number of aromatic nitrogens is 1. The molecular formula is C31H25N3O10S2. The average Bonchev–Trinajstić information content (AvgIpc) is 3.42. The molecule has 0 saturated carbocycles. The highest BCUT2D eigenvalue weighted by Gasteiger charge is 2.37.